The van der Waals surface area contributed by atoms with Crippen molar-refractivity contribution >= 4 is 42.1 Å². The van der Waals surface area contributed by atoms with Gasteiger partial charge in [-0.2, -0.15) is 0 Å². The van der Waals surface area contributed by atoms with Crippen LogP contribution in [0.5, 0.6) is 0 Å². The molecule has 2 aromatic rings. The van der Waals surface area contributed by atoms with Crippen LogP contribution in [0.4, 0.5) is 0 Å². The maximum atomic E-state index is 12.2. The second-order valence-electron chi connectivity index (χ2n) is 5.49. The van der Waals surface area contributed by atoms with Gasteiger partial charge in [0.1, 0.15) is 10.7 Å². The van der Waals surface area contributed by atoms with Crippen molar-refractivity contribution in [3.63, 3.8) is 0 Å². The number of hydrogen-bond donors (Lipinski definition) is 2. The second kappa shape index (κ2) is 9.23. The Labute approximate surface area is 152 Å². The fourth-order valence-corrected chi connectivity index (χ4v) is 3.42. The number of rotatable bonds is 3. The maximum Gasteiger partial charge on any atom is 0.270 e. The van der Waals surface area contributed by atoms with E-state index in [0.717, 1.165) is 36.3 Å². The normalized spacial score (nSPS) is 20.0. The zero-order valence-electron chi connectivity index (χ0n) is 12.6. The number of aromatic nitrogens is 1. The zero-order valence-corrected chi connectivity index (χ0v) is 15.1. The molecule has 1 heterocycles. The lowest BCUT2D eigenvalue weighted by atomic mass is 9.92. The van der Waals surface area contributed by atoms with Gasteiger partial charge in [0.05, 0.1) is 0 Å². The summed E-state index contributed by atoms with van der Waals surface area (Å²) in [5, 5.41) is 5.78. The molecule has 23 heavy (non-hydrogen) atoms. The van der Waals surface area contributed by atoms with E-state index in [1.54, 1.807) is 0 Å². The lowest BCUT2D eigenvalue weighted by Gasteiger charge is -2.26. The minimum atomic E-state index is -0.0751. The minimum Gasteiger partial charge on any atom is -0.348 e. The molecule has 3 N–H and O–H groups in total. The van der Waals surface area contributed by atoms with Gasteiger partial charge in [-0.15, -0.1) is 36.2 Å². The molecule has 3 rings (SSSR count). The van der Waals surface area contributed by atoms with Crippen molar-refractivity contribution in [1.29, 1.82) is 0 Å². The number of carbonyl (C=O) groups excluding carboxylic acids is 1. The average Bonchev–Trinajstić information content (AvgIpc) is 3.00. The Kier molecular flexibility index (Phi) is 7.99. The number of amides is 1. The Hall–Kier alpha value is -1.14. The number of nitrogens with one attached hydrogen (secondary N) is 1. The largest absolute Gasteiger partial charge is 0.348 e. The highest BCUT2D eigenvalue weighted by molar-refractivity contribution is 7.13. The smallest absolute Gasteiger partial charge is 0.270 e. The molecule has 1 aromatic carbocycles. The summed E-state index contributed by atoms with van der Waals surface area (Å²) < 4.78 is 0. The number of benzene rings is 1. The molecule has 0 radical (unpaired) electrons. The third-order valence-electron chi connectivity index (χ3n) is 3.86. The lowest BCUT2D eigenvalue weighted by molar-refractivity contribution is 0.0921. The predicted octanol–water partition coefficient (Wildman–Crippen LogP) is 3.65. The molecule has 0 spiro atoms. The molecule has 0 bridgehead atoms. The maximum absolute atomic E-state index is 12.2. The number of nitrogens with two attached hydrogens (primary N) is 1. The van der Waals surface area contributed by atoms with E-state index in [2.05, 4.69) is 10.3 Å². The Bertz CT molecular complexity index is 613. The molecular weight excluding hydrogens is 353 g/mol. The Morgan fingerprint density at radius 3 is 2.43 bits per heavy atom. The van der Waals surface area contributed by atoms with Gasteiger partial charge in [0.2, 0.25) is 0 Å². The molecule has 1 aromatic heterocycles. The quantitative estimate of drug-likeness (QED) is 0.862. The molecular formula is C16H21Cl2N3OS. The molecule has 126 valence electrons. The van der Waals surface area contributed by atoms with E-state index in [-0.39, 0.29) is 36.8 Å². The first-order chi connectivity index (χ1) is 10.2. The van der Waals surface area contributed by atoms with Crippen LogP contribution in [0.2, 0.25) is 0 Å². The van der Waals surface area contributed by atoms with Gasteiger partial charge >= 0.3 is 0 Å². The highest BCUT2D eigenvalue weighted by Crippen LogP contribution is 2.23. The van der Waals surface area contributed by atoms with Gasteiger partial charge in [0.25, 0.3) is 5.91 Å². The van der Waals surface area contributed by atoms with Crippen LogP contribution in [0.25, 0.3) is 10.6 Å². The fraction of sp³-hybridized carbons (Fsp3) is 0.375. The summed E-state index contributed by atoms with van der Waals surface area (Å²) >= 11 is 1.50. The topological polar surface area (TPSA) is 68.0 Å². The summed E-state index contributed by atoms with van der Waals surface area (Å²) in [4.78, 5) is 16.7. The third-order valence-corrected chi connectivity index (χ3v) is 4.76. The number of carbonyl (C=O) groups is 1. The number of halogens is 2. The van der Waals surface area contributed by atoms with Gasteiger partial charge in [-0.25, -0.2) is 4.98 Å². The van der Waals surface area contributed by atoms with Gasteiger partial charge < -0.3 is 11.1 Å². The summed E-state index contributed by atoms with van der Waals surface area (Å²) in [5.41, 5.74) is 7.44. The van der Waals surface area contributed by atoms with Crippen LogP contribution in [0.1, 0.15) is 36.2 Å². The van der Waals surface area contributed by atoms with Crippen LogP contribution in [0.3, 0.4) is 0 Å². The Morgan fingerprint density at radius 2 is 1.78 bits per heavy atom. The molecule has 1 fully saturated rings. The van der Waals surface area contributed by atoms with Crippen LogP contribution in [-0.4, -0.2) is 23.0 Å². The highest BCUT2D eigenvalue weighted by Gasteiger charge is 2.21. The molecule has 4 nitrogen and oxygen atoms in total. The summed E-state index contributed by atoms with van der Waals surface area (Å²) in [6, 6.07) is 10.5. The summed E-state index contributed by atoms with van der Waals surface area (Å²) in [7, 11) is 0. The predicted molar refractivity (Wildman–Crippen MR) is 99.7 cm³/mol. The van der Waals surface area contributed by atoms with Gasteiger partial charge in [-0.05, 0) is 25.7 Å². The Morgan fingerprint density at radius 1 is 1.13 bits per heavy atom. The van der Waals surface area contributed by atoms with Crippen LogP contribution in [-0.2, 0) is 0 Å². The lowest BCUT2D eigenvalue weighted by Crippen LogP contribution is -2.40. The fourth-order valence-electron chi connectivity index (χ4n) is 2.61. The zero-order chi connectivity index (χ0) is 14.7. The standard InChI is InChI=1S/C16H19N3OS.2ClH/c17-12-6-8-13(9-7-12)18-15(20)14-10-21-16(19-14)11-4-2-1-3-5-11;;/h1-5,10,12-13H,6-9,17H2,(H,18,20);2*1H. The molecule has 1 aliphatic rings. The minimum absolute atomic E-state index is 0. The second-order valence-corrected chi connectivity index (χ2v) is 6.35. The van der Waals surface area contributed by atoms with Gasteiger partial charge in [-0.1, -0.05) is 30.3 Å². The van der Waals surface area contributed by atoms with Crippen molar-refractivity contribution in [1.82, 2.24) is 10.3 Å². The van der Waals surface area contributed by atoms with Crippen molar-refractivity contribution < 1.29 is 4.79 Å². The van der Waals surface area contributed by atoms with E-state index in [4.69, 9.17) is 5.73 Å². The molecule has 1 saturated carbocycles. The molecule has 0 atom stereocenters. The van der Waals surface area contributed by atoms with E-state index >= 15 is 0 Å². The third kappa shape index (κ3) is 5.18. The molecule has 7 heteroatoms. The van der Waals surface area contributed by atoms with Gasteiger partial charge in [0.15, 0.2) is 0 Å². The summed E-state index contributed by atoms with van der Waals surface area (Å²) in [6.07, 6.45) is 3.89. The van der Waals surface area contributed by atoms with E-state index in [9.17, 15) is 4.79 Å². The number of nitrogens with zero attached hydrogens (tertiary/aromatic N) is 1. The first-order valence-electron chi connectivity index (χ1n) is 7.30. The molecule has 0 aliphatic heterocycles. The van der Waals surface area contributed by atoms with Crippen LogP contribution in [0.15, 0.2) is 35.7 Å². The monoisotopic (exact) mass is 373 g/mol. The van der Waals surface area contributed by atoms with E-state index < -0.39 is 0 Å². The van der Waals surface area contributed by atoms with Crippen LogP contribution < -0.4 is 11.1 Å². The van der Waals surface area contributed by atoms with Crippen molar-refractivity contribution in [3.05, 3.63) is 41.4 Å². The molecule has 0 unspecified atom stereocenters. The van der Waals surface area contributed by atoms with Crippen molar-refractivity contribution in [2.24, 2.45) is 5.73 Å². The first-order valence-corrected chi connectivity index (χ1v) is 8.18. The van der Waals surface area contributed by atoms with Crippen LogP contribution >= 0.6 is 36.2 Å². The van der Waals surface area contributed by atoms with Gasteiger partial charge in [0, 0.05) is 23.0 Å². The van der Waals surface area contributed by atoms with E-state index in [1.807, 2.05) is 35.7 Å². The number of thiazole rings is 1. The first kappa shape index (κ1) is 19.9. The average molecular weight is 374 g/mol. The summed E-state index contributed by atoms with van der Waals surface area (Å²) in [6.45, 7) is 0. The van der Waals surface area contributed by atoms with Crippen LogP contribution in [0, 0.1) is 0 Å². The van der Waals surface area contributed by atoms with Crippen molar-refractivity contribution in [2.45, 2.75) is 37.8 Å². The van der Waals surface area contributed by atoms with Crippen molar-refractivity contribution in [3.8, 4) is 10.6 Å². The van der Waals surface area contributed by atoms with E-state index in [1.165, 1.54) is 11.3 Å². The number of hydrogen-bond acceptors (Lipinski definition) is 4. The molecule has 1 amide bonds. The van der Waals surface area contributed by atoms with E-state index in [0.29, 0.717) is 11.7 Å². The molecule has 0 saturated heterocycles. The van der Waals surface area contributed by atoms with Crippen molar-refractivity contribution in [2.75, 3.05) is 0 Å². The Balaban J connectivity index is 0.00000132. The summed E-state index contributed by atoms with van der Waals surface area (Å²) in [5.74, 6) is -0.0751. The molecule has 1 aliphatic carbocycles. The SMILES string of the molecule is Cl.Cl.NC1CCC(NC(=O)c2csc(-c3ccccc3)n2)CC1. The van der Waals surface area contributed by atoms with Gasteiger partial charge in [-0.3, -0.25) is 4.79 Å². The highest BCUT2D eigenvalue weighted by atomic mass is 35.5.